The second kappa shape index (κ2) is 7.73. The molecule has 0 saturated carbocycles. The van der Waals surface area contributed by atoms with Gasteiger partial charge in [0.05, 0.1) is 5.56 Å². The molecule has 1 atom stereocenters. The molecule has 3 rings (SSSR count). The molecule has 0 spiro atoms. The quantitative estimate of drug-likeness (QED) is 0.544. The topological polar surface area (TPSA) is 26.0 Å². The summed E-state index contributed by atoms with van der Waals surface area (Å²) in [4.78, 5) is 0. The lowest BCUT2D eigenvalue weighted by atomic mass is 9.94. The third-order valence-electron chi connectivity index (χ3n) is 5.20. The van der Waals surface area contributed by atoms with Gasteiger partial charge in [-0.15, -0.1) is 0 Å². The minimum Gasteiger partial charge on any atom is -0.324 e. The average Bonchev–Trinajstić information content (AvgIpc) is 2.63. The highest BCUT2D eigenvalue weighted by molar-refractivity contribution is 5.86. The van der Waals surface area contributed by atoms with Gasteiger partial charge in [0.2, 0.25) is 0 Å². The molecule has 0 radical (unpaired) electrons. The summed E-state index contributed by atoms with van der Waals surface area (Å²) >= 11 is 0. The van der Waals surface area contributed by atoms with Crippen LogP contribution >= 0.6 is 0 Å². The van der Waals surface area contributed by atoms with Crippen LogP contribution in [0.15, 0.2) is 54.6 Å². The molecule has 3 aromatic rings. The molecule has 142 valence electrons. The van der Waals surface area contributed by atoms with Crippen LogP contribution in [0.4, 0.5) is 13.2 Å². The number of hydrogen-bond donors (Lipinski definition) is 1. The molecular weight excluding hydrogens is 347 g/mol. The highest BCUT2D eigenvalue weighted by Crippen LogP contribution is 2.34. The number of fused-ring (bicyclic) bond motifs is 1. The van der Waals surface area contributed by atoms with Crippen LogP contribution < -0.4 is 5.73 Å². The first-order chi connectivity index (χ1) is 12.8. The Kier molecular flexibility index (Phi) is 5.56. The summed E-state index contributed by atoms with van der Waals surface area (Å²) in [5.74, 6) is 0. The third kappa shape index (κ3) is 4.51. The number of hydrogen-bond acceptors (Lipinski definition) is 1. The van der Waals surface area contributed by atoms with E-state index in [4.69, 9.17) is 5.73 Å². The van der Waals surface area contributed by atoms with Crippen LogP contribution in [-0.2, 0) is 12.6 Å². The van der Waals surface area contributed by atoms with Crippen LogP contribution in [-0.4, -0.2) is 0 Å². The van der Waals surface area contributed by atoms with Crippen LogP contribution in [0.1, 0.15) is 46.7 Å². The Balaban J connectivity index is 1.77. The van der Waals surface area contributed by atoms with Crippen molar-refractivity contribution in [2.75, 3.05) is 0 Å². The zero-order chi connectivity index (χ0) is 19.6. The fourth-order valence-corrected chi connectivity index (χ4v) is 3.43. The number of rotatable bonds is 5. The maximum atomic E-state index is 13.2. The van der Waals surface area contributed by atoms with Crippen LogP contribution in [0.5, 0.6) is 0 Å². The molecule has 0 bridgehead atoms. The van der Waals surface area contributed by atoms with Crippen molar-refractivity contribution in [3.63, 3.8) is 0 Å². The molecule has 0 aromatic heterocycles. The molecule has 1 nitrogen and oxygen atoms in total. The number of halogens is 3. The molecule has 2 N–H and O–H groups in total. The molecule has 0 heterocycles. The number of alkyl halides is 3. The largest absolute Gasteiger partial charge is 0.416 e. The first kappa shape index (κ1) is 19.4. The van der Waals surface area contributed by atoms with Gasteiger partial charge in [-0.05, 0) is 78.3 Å². The highest BCUT2D eigenvalue weighted by atomic mass is 19.4. The van der Waals surface area contributed by atoms with Crippen molar-refractivity contribution in [3.05, 3.63) is 82.4 Å². The Bertz CT molecular complexity index is 944. The predicted octanol–water partition coefficient (Wildman–Crippen LogP) is 6.50. The number of benzene rings is 3. The SMILES string of the molecule is Cc1ccc(C(N)CCCc2cc(C(F)(F)F)cc3ccccc23)cc1C. The molecule has 0 aliphatic heterocycles. The maximum Gasteiger partial charge on any atom is 0.416 e. The van der Waals surface area contributed by atoms with Crippen molar-refractivity contribution >= 4 is 10.8 Å². The molecule has 0 aliphatic rings. The Hall–Kier alpha value is -2.33. The molecule has 0 fully saturated rings. The number of nitrogens with two attached hydrogens (primary N) is 1. The third-order valence-corrected chi connectivity index (χ3v) is 5.20. The van der Waals surface area contributed by atoms with Crippen LogP contribution in [0.3, 0.4) is 0 Å². The summed E-state index contributed by atoms with van der Waals surface area (Å²) in [6.45, 7) is 4.11. The van der Waals surface area contributed by atoms with E-state index in [-0.39, 0.29) is 6.04 Å². The van der Waals surface area contributed by atoms with Gasteiger partial charge in [-0.1, -0.05) is 42.5 Å². The highest BCUT2D eigenvalue weighted by Gasteiger charge is 2.31. The standard InChI is InChI=1S/C23H24F3N/c1-15-10-11-19(12-16(15)2)22(27)9-5-7-18-14-20(23(24,25)26)13-17-6-3-4-8-21(17)18/h3-4,6,8,10-14,22H,5,7,9,27H2,1-2H3. The van der Waals surface area contributed by atoms with Crippen molar-refractivity contribution in [3.8, 4) is 0 Å². The van der Waals surface area contributed by atoms with E-state index in [0.29, 0.717) is 11.8 Å². The molecule has 4 heteroatoms. The molecule has 0 saturated heterocycles. The zero-order valence-corrected chi connectivity index (χ0v) is 15.6. The van der Waals surface area contributed by atoms with Crippen LogP contribution in [0.25, 0.3) is 10.8 Å². The summed E-state index contributed by atoms with van der Waals surface area (Å²) in [7, 11) is 0. The van der Waals surface area contributed by atoms with E-state index >= 15 is 0 Å². The van der Waals surface area contributed by atoms with Crippen LogP contribution in [0, 0.1) is 13.8 Å². The average molecular weight is 371 g/mol. The minimum absolute atomic E-state index is 0.110. The fourth-order valence-electron chi connectivity index (χ4n) is 3.43. The van der Waals surface area contributed by atoms with Crippen molar-refractivity contribution in [1.82, 2.24) is 0 Å². The molecule has 27 heavy (non-hydrogen) atoms. The van der Waals surface area contributed by atoms with E-state index in [2.05, 4.69) is 26.0 Å². The van der Waals surface area contributed by atoms with Crippen molar-refractivity contribution in [2.24, 2.45) is 5.73 Å². The molecule has 1 unspecified atom stereocenters. The summed E-state index contributed by atoms with van der Waals surface area (Å²) in [6.07, 6.45) is -2.30. The van der Waals surface area contributed by atoms with Gasteiger partial charge in [0.15, 0.2) is 0 Å². The molecule has 0 aliphatic carbocycles. The van der Waals surface area contributed by atoms with Crippen molar-refractivity contribution in [2.45, 2.75) is 45.3 Å². The lowest BCUT2D eigenvalue weighted by Gasteiger charge is -2.15. The summed E-state index contributed by atoms with van der Waals surface area (Å²) in [5, 5.41) is 1.51. The van der Waals surface area contributed by atoms with Gasteiger partial charge in [-0.3, -0.25) is 0 Å². The predicted molar refractivity (Wildman–Crippen MR) is 105 cm³/mol. The fraction of sp³-hybridized carbons (Fsp3) is 0.304. The van der Waals surface area contributed by atoms with Gasteiger partial charge in [0.25, 0.3) is 0 Å². The van der Waals surface area contributed by atoms with Gasteiger partial charge in [0, 0.05) is 6.04 Å². The first-order valence-corrected chi connectivity index (χ1v) is 9.17. The monoisotopic (exact) mass is 371 g/mol. The van der Waals surface area contributed by atoms with E-state index < -0.39 is 11.7 Å². The summed E-state index contributed by atoms with van der Waals surface area (Å²) < 4.78 is 39.7. The molecule has 3 aromatic carbocycles. The second-order valence-electron chi connectivity index (χ2n) is 7.20. The Morgan fingerprint density at radius 3 is 2.37 bits per heavy atom. The molecule has 0 amide bonds. The Labute approximate surface area is 158 Å². The number of aryl methyl sites for hydroxylation is 3. The van der Waals surface area contributed by atoms with Crippen LogP contribution in [0.2, 0.25) is 0 Å². The lowest BCUT2D eigenvalue weighted by molar-refractivity contribution is -0.137. The van der Waals surface area contributed by atoms with Gasteiger partial charge in [0.1, 0.15) is 0 Å². The van der Waals surface area contributed by atoms with E-state index in [1.807, 2.05) is 18.2 Å². The molecular formula is C23H24F3N. The van der Waals surface area contributed by atoms with Gasteiger partial charge in [-0.25, -0.2) is 0 Å². The van der Waals surface area contributed by atoms with Gasteiger partial charge >= 0.3 is 6.18 Å². The van der Waals surface area contributed by atoms with E-state index in [1.165, 1.54) is 23.3 Å². The lowest BCUT2D eigenvalue weighted by Crippen LogP contribution is -2.11. The van der Waals surface area contributed by atoms with E-state index in [9.17, 15) is 13.2 Å². The van der Waals surface area contributed by atoms with E-state index in [0.717, 1.165) is 29.4 Å². The van der Waals surface area contributed by atoms with Gasteiger partial charge < -0.3 is 5.73 Å². The Morgan fingerprint density at radius 1 is 0.926 bits per heavy atom. The Morgan fingerprint density at radius 2 is 1.67 bits per heavy atom. The first-order valence-electron chi connectivity index (χ1n) is 9.17. The normalized spacial score (nSPS) is 13.1. The maximum absolute atomic E-state index is 13.2. The smallest absolute Gasteiger partial charge is 0.324 e. The summed E-state index contributed by atoms with van der Waals surface area (Å²) in [6, 6.07) is 15.8. The minimum atomic E-state index is -4.34. The second-order valence-corrected chi connectivity index (χ2v) is 7.20. The van der Waals surface area contributed by atoms with E-state index in [1.54, 1.807) is 12.1 Å². The van der Waals surface area contributed by atoms with Crippen molar-refractivity contribution < 1.29 is 13.2 Å². The van der Waals surface area contributed by atoms with Gasteiger partial charge in [-0.2, -0.15) is 13.2 Å². The zero-order valence-electron chi connectivity index (χ0n) is 15.6. The summed E-state index contributed by atoms with van der Waals surface area (Å²) in [5.41, 5.74) is 9.95. The van der Waals surface area contributed by atoms with Crippen molar-refractivity contribution in [1.29, 1.82) is 0 Å².